The number of fused-ring (bicyclic) bond motifs is 6. The standard InChI is InChI=1S/C32H32N2O/c1-19(2)14-20-10-11-21-12-13-25-28-29(33-18-34-31(28)35-30(25)26(21)15-20)23-16-22-8-6-7-9-24(22)27(17-23)32(3,4)5/h6-11,15-19H,12-14H2,1-5H3. The molecule has 2 aromatic heterocycles. The third-order valence-electron chi connectivity index (χ3n) is 7.24. The van der Waals surface area contributed by atoms with E-state index in [4.69, 9.17) is 9.40 Å². The lowest BCUT2D eigenvalue weighted by molar-refractivity contribution is 0.596. The van der Waals surface area contributed by atoms with Gasteiger partial charge >= 0.3 is 0 Å². The largest absolute Gasteiger partial charge is 0.437 e. The first-order valence-electron chi connectivity index (χ1n) is 12.7. The number of aryl methyl sites for hydroxylation is 2. The lowest BCUT2D eigenvalue weighted by Crippen LogP contribution is -2.12. The predicted molar refractivity (Wildman–Crippen MR) is 145 cm³/mol. The molecule has 6 rings (SSSR count). The summed E-state index contributed by atoms with van der Waals surface area (Å²) >= 11 is 0. The van der Waals surface area contributed by atoms with E-state index >= 15 is 0 Å². The average molecular weight is 461 g/mol. The Balaban J connectivity index is 1.58. The van der Waals surface area contributed by atoms with Crippen molar-refractivity contribution in [2.45, 2.75) is 59.3 Å². The van der Waals surface area contributed by atoms with Crippen LogP contribution in [0.1, 0.15) is 56.9 Å². The first-order chi connectivity index (χ1) is 16.8. The van der Waals surface area contributed by atoms with E-state index < -0.39 is 0 Å². The number of furan rings is 1. The minimum Gasteiger partial charge on any atom is -0.437 e. The zero-order valence-corrected chi connectivity index (χ0v) is 21.3. The summed E-state index contributed by atoms with van der Waals surface area (Å²) in [5, 5.41) is 3.61. The summed E-state index contributed by atoms with van der Waals surface area (Å²) < 4.78 is 6.47. The lowest BCUT2D eigenvalue weighted by Gasteiger charge is -2.23. The number of hydrogen-bond acceptors (Lipinski definition) is 3. The van der Waals surface area contributed by atoms with Gasteiger partial charge in [-0.2, -0.15) is 0 Å². The van der Waals surface area contributed by atoms with Crippen LogP contribution >= 0.6 is 0 Å². The summed E-state index contributed by atoms with van der Waals surface area (Å²) in [5.41, 5.74) is 9.33. The van der Waals surface area contributed by atoms with Gasteiger partial charge in [0.05, 0.1) is 11.1 Å². The molecular weight excluding hydrogens is 428 g/mol. The van der Waals surface area contributed by atoms with Gasteiger partial charge in [0.25, 0.3) is 0 Å². The van der Waals surface area contributed by atoms with Gasteiger partial charge in [-0.15, -0.1) is 0 Å². The molecule has 3 aromatic carbocycles. The van der Waals surface area contributed by atoms with Gasteiger partial charge in [-0.3, -0.25) is 0 Å². The van der Waals surface area contributed by atoms with Crippen LogP contribution < -0.4 is 0 Å². The van der Waals surface area contributed by atoms with Crippen LogP contribution in [0.4, 0.5) is 0 Å². The van der Waals surface area contributed by atoms with Crippen molar-refractivity contribution in [2.24, 2.45) is 5.92 Å². The van der Waals surface area contributed by atoms with E-state index in [1.54, 1.807) is 6.33 Å². The topological polar surface area (TPSA) is 38.9 Å². The Hall–Kier alpha value is -3.46. The Morgan fingerprint density at radius 2 is 1.77 bits per heavy atom. The molecule has 3 heteroatoms. The van der Waals surface area contributed by atoms with Crippen LogP contribution in [0.15, 0.2) is 65.3 Å². The maximum atomic E-state index is 6.47. The number of hydrogen-bond donors (Lipinski definition) is 0. The normalized spacial score (nSPS) is 13.4. The van der Waals surface area contributed by atoms with Crippen LogP contribution in [-0.2, 0) is 24.7 Å². The van der Waals surface area contributed by atoms with Gasteiger partial charge in [0.1, 0.15) is 12.1 Å². The van der Waals surface area contributed by atoms with Crippen LogP contribution in [0.5, 0.6) is 0 Å². The highest BCUT2D eigenvalue weighted by Gasteiger charge is 2.27. The molecular formula is C32H32N2O. The third-order valence-corrected chi connectivity index (χ3v) is 7.24. The fourth-order valence-electron chi connectivity index (χ4n) is 5.64. The maximum absolute atomic E-state index is 6.47. The summed E-state index contributed by atoms with van der Waals surface area (Å²) in [6.45, 7) is 11.4. The van der Waals surface area contributed by atoms with E-state index in [0.29, 0.717) is 11.6 Å². The average Bonchev–Trinajstić information content (AvgIpc) is 3.22. The monoisotopic (exact) mass is 460 g/mol. The van der Waals surface area contributed by atoms with Crippen molar-refractivity contribution < 1.29 is 4.42 Å². The Kier molecular flexibility index (Phi) is 5.07. The van der Waals surface area contributed by atoms with E-state index in [2.05, 4.69) is 94.2 Å². The molecule has 3 nitrogen and oxygen atoms in total. The quantitative estimate of drug-likeness (QED) is 0.272. The highest BCUT2D eigenvalue weighted by Crippen LogP contribution is 2.43. The van der Waals surface area contributed by atoms with Gasteiger partial charge < -0.3 is 4.42 Å². The van der Waals surface area contributed by atoms with E-state index in [1.807, 2.05) is 0 Å². The SMILES string of the molecule is CC(C)Cc1ccc2c(c1)-c1oc3ncnc(-c4cc(C(C)(C)C)c5ccccc5c4)c3c1CC2. The second-order valence-corrected chi connectivity index (χ2v) is 11.4. The van der Waals surface area contributed by atoms with Crippen molar-refractivity contribution in [3.63, 3.8) is 0 Å². The maximum Gasteiger partial charge on any atom is 0.230 e. The molecule has 0 bridgehead atoms. The number of nitrogens with zero attached hydrogens (tertiary/aromatic N) is 2. The first-order valence-corrected chi connectivity index (χ1v) is 12.7. The fraction of sp³-hybridized carbons (Fsp3) is 0.312. The molecule has 0 spiro atoms. The van der Waals surface area contributed by atoms with Crippen molar-refractivity contribution in [3.05, 3.63) is 83.2 Å². The lowest BCUT2D eigenvalue weighted by atomic mass is 9.82. The molecule has 0 radical (unpaired) electrons. The molecule has 0 N–H and O–H groups in total. The van der Waals surface area contributed by atoms with Crippen LogP contribution in [0.2, 0.25) is 0 Å². The van der Waals surface area contributed by atoms with Crippen LogP contribution in [0.25, 0.3) is 44.5 Å². The molecule has 0 aliphatic heterocycles. The highest BCUT2D eigenvalue weighted by molar-refractivity contribution is 6.00. The van der Waals surface area contributed by atoms with Gasteiger partial charge in [0, 0.05) is 16.7 Å². The van der Waals surface area contributed by atoms with Crippen molar-refractivity contribution in [3.8, 4) is 22.6 Å². The van der Waals surface area contributed by atoms with Crippen molar-refractivity contribution in [1.29, 1.82) is 0 Å². The van der Waals surface area contributed by atoms with E-state index in [1.165, 1.54) is 38.6 Å². The van der Waals surface area contributed by atoms with E-state index in [9.17, 15) is 0 Å². The Morgan fingerprint density at radius 3 is 2.57 bits per heavy atom. The van der Waals surface area contributed by atoms with Crippen molar-refractivity contribution in [1.82, 2.24) is 9.97 Å². The zero-order chi connectivity index (χ0) is 24.3. The number of aromatic nitrogens is 2. The molecule has 1 aliphatic rings. The molecule has 35 heavy (non-hydrogen) atoms. The molecule has 2 heterocycles. The number of rotatable bonds is 3. The van der Waals surface area contributed by atoms with Crippen molar-refractivity contribution in [2.75, 3.05) is 0 Å². The van der Waals surface area contributed by atoms with E-state index in [0.717, 1.165) is 41.7 Å². The van der Waals surface area contributed by atoms with Crippen LogP contribution in [0, 0.1) is 5.92 Å². The molecule has 176 valence electrons. The Bertz CT molecular complexity index is 1580. The minimum absolute atomic E-state index is 0.0172. The van der Waals surface area contributed by atoms with Gasteiger partial charge in [-0.1, -0.05) is 71.0 Å². The van der Waals surface area contributed by atoms with Gasteiger partial charge in [0.15, 0.2) is 0 Å². The summed E-state index contributed by atoms with van der Waals surface area (Å²) in [7, 11) is 0. The fourth-order valence-corrected chi connectivity index (χ4v) is 5.64. The Labute approximate surface area is 207 Å². The summed E-state index contributed by atoms with van der Waals surface area (Å²) in [4.78, 5) is 9.40. The molecule has 5 aromatic rings. The first kappa shape index (κ1) is 22.0. The van der Waals surface area contributed by atoms with E-state index in [-0.39, 0.29) is 5.41 Å². The molecule has 0 saturated carbocycles. The summed E-state index contributed by atoms with van der Waals surface area (Å²) in [6.07, 6.45) is 4.67. The molecule has 0 saturated heterocycles. The zero-order valence-electron chi connectivity index (χ0n) is 21.3. The van der Waals surface area contributed by atoms with Crippen molar-refractivity contribution >= 4 is 21.9 Å². The molecule has 0 amide bonds. The predicted octanol–water partition coefficient (Wildman–Crippen LogP) is 8.30. The van der Waals surface area contributed by atoms with Gasteiger partial charge in [-0.05, 0) is 76.3 Å². The summed E-state index contributed by atoms with van der Waals surface area (Å²) in [6, 6.07) is 20.1. The van der Waals surface area contributed by atoms with Crippen LogP contribution in [0.3, 0.4) is 0 Å². The second kappa shape index (κ2) is 8.05. The third kappa shape index (κ3) is 3.74. The smallest absolute Gasteiger partial charge is 0.230 e. The minimum atomic E-state index is 0.0172. The van der Waals surface area contributed by atoms with Gasteiger partial charge in [0.2, 0.25) is 5.71 Å². The molecule has 0 atom stereocenters. The Morgan fingerprint density at radius 1 is 0.943 bits per heavy atom. The summed E-state index contributed by atoms with van der Waals surface area (Å²) in [5.74, 6) is 1.60. The van der Waals surface area contributed by atoms with Gasteiger partial charge in [-0.25, -0.2) is 9.97 Å². The molecule has 1 aliphatic carbocycles. The second-order valence-electron chi connectivity index (χ2n) is 11.4. The molecule has 0 unspecified atom stereocenters. The highest BCUT2D eigenvalue weighted by atomic mass is 16.3. The number of benzene rings is 3. The van der Waals surface area contributed by atoms with Crippen LogP contribution in [-0.4, -0.2) is 9.97 Å². The molecule has 0 fully saturated rings.